The average molecular weight is 311 g/mol. The molecule has 1 heterocycles. The van der Waals surface area contributed by atoms with Crippen LogP contribution in [0.2, 0.25) is 0 Å². The first kappa shape index (κ1) is 15.5. The van der Waals surface area contributed by atoms with E-state index in [1.165, 1.54) is 6.92 Å². The van der Waals surface area contributed by atoms with E-state index in [9.17, 15) is 14.9 Å². The lowest BCUT2D eigenvalue weighted by atomic mass is 10.1. The van der Waals surface area contributed by atoms with Gasteiger partial charge < -0.3 is 9.80 Å². The summed E-state index contributed by atoms with van der Waals surface area (Å²) in [6.07, 6.45) is 2.93. The molecule has 2 fully saturated rings. The molecule has 0 spiro atoms. The Morgan fingerprint density at radius 3 is 2.61 bits per heavy atom. The first-order valence-corrected chi connectivity index (χ1v) is 8.19. The SMILES string of the molecule is CC(=O)c1ccc(C#N)c(N2CCCN(C(=O)C3CC3)CC2)c1. The Hall–Kier alpha value is -2.35. The summed E-state index contributed by atoms with van der Waals surface area (Å²) in [5.41, 5.74) is 2.01. The second-order valence-electron chi connectivity index (χ2n) is 6.34. The van der Waals surface area contributed by atoms with Gasteiger partial charge >= 0.3 is 0 Å². The van der Waals surface area contributed by atoms with Gasteiger partial charge in [0.15, 0.2) is 5.78 Å². The standard InChI is InChI=1S/C18H21N3O2/c1-13(22)15-5-6-16(12-19)17(11-15)20-7-2-8-21(10-9-20)18(23)14-3-4-14/h5-6,11,14H,2-4,7-10H2,1H3. The number of nitrogens with zero attached hydrogens (tertiary/aromatic N) is 3. The molecule has 1 amide bonds. The highest BCUT2D eigenvalue weighted by Gasteiger charge is 2.34. The number of hydrogen-bond acceptors (Lipinski definition) is 4. The van der Waals surface area contributed by atoms with Crippen molar-refractivity contribution in [2.75, 3.05) is 31.1 Å². The van der Waals surface area contributed by atoms with E-state index in [-0.39, 0.29) is 17.6 Å². The Labute approximate surface area is 136 Å². The third-order valence-electron chi connectivity index (χ3n) is 4.60. The van der Waals surface area contributed by atoms with Gasteiger partial charge in [-0.15, -0.1) is 0 Å². The molecule has 23 heavy (non-hydrogen) atoms. The molecule has 0 unspecified atom stereocenters. The van der Waals surface area contributed by atoms with Crippen molar-refractivity contribution in [3.8, 4) is 6.07 Å². The van der Waals surface area contributed by atoms with Crippen LogP contribution in [0.3, 0.4) is 0 Å². The average Bonchev–Trinajstić information content (AvgIpc) is 3.39. The maximum absolute atomic E-state index is 12.2. The molecule has 1 aromatic rings. The molecule has 0 aromatic heterocycles. The number of Topliss-reactive ketones (excluding diaryl/α,β-unsaturated/α-hetero) is 1. The number of benzene rings is 1. The summed E-state index contributed by atoms with van der Waals surface area (Å²) in [7, 11) is 0. The maximum atomic E-state index is 12.2. The van der Waals surface area contributed by atoms with Gasteiger partial charge in [-0.2, -0.15) is 5.26 Å². The van der Waals surface area contributed by atoms with Crippen molar-refractivity contribution in [2.45, 2.75) is 26.2 Å². The molecular weight excluding hydrogens is 290 g/mol. The van der Waals surface area contributed by atoms with Crippen LogP contribution in [0.1, 0.15) is 42.1 Å². The van der Waals surface area contributed by atoms with Crippen LogP contribution in [-0.4, -0.2) is 42.8 Å². The molecule has 1 aliphatic carbocycles. The van der Waals surface area contributed by atoms with Crippen LogP contribution in [-0.2, 0) is 4.79 Å². The zero-order valence-electron chi connectivity index (χ0n) is 13.4. The number of amides is 1. The minimum atomic E-state index is -0.00361. The zero-order valence-corrected chi connectivity index (χ0v) is 13.4. The molecule has 3 rings (SSSR count). The van der Waals surface area contributed by atoms with Crippen LogP contribution >= 0.6 is 0 Å². The molecule has 0 N–H and O–H groups in total. The molecule has 0 radical (unpaired) electrons. The van der Waals surface area contributed by atoms with Gasteiger partial charge in [-0.25, -0.2) is 0 Å². The summed E-state index contributed by atoms with van der Waals surface area (Å²) in [6, 6.07) is 7.42. The molecule has 0 atom stereocenters. The molecule has 120 valence electrons. The van der Waals surface area contributed by atoms with Crippen molar-refractivity contribution < 1.29 is 9.59 Å². The smallest absolute Gasteiger partial charge is 0.225 e. The molecule has 1 aliphatic heterocycles. The van der Waals surface area contributed by atoms with Crippen LogP contribution in [0.25, 0.3) is 0 Å². The normalized spacial score (nSPS) is 18.3. The molecule has 5 heteroatoms. The number of carbonyl (C=O) groups is 2. The Kier molecular flexibility index (Phi) is 4.33. The molecule has 1 saturated carbocycles. The van der Waals surface area contributed by atoms with Gasteiger partial charge in [-0.1, -0.05) is 0 Å². The van der Waals surface area contributed by atoms with E-state index in [1.54, 1.807) is 18.2 Å². The summed E-state index contributed by atoms with van der Waals surface area (Å²) >= 11 is 0. The second-order valence-corrected chi connectivity index (χ2v) is 6.34. The van der Waals surface area contributed by atoms with Gasteiger partial charge in [0.1, 0.15) is 6.07 Å². The summed E-state index contributed by atoms with van der Waals surface area (Å²) in [5.74, 6) is 0.526. The summed E-state index contributed by atoms with van der Waals surface area (Å²) < 4.78 is 0. The predicted octanol–water partition coefficient (Wildman–Crippen LogP) is 2.21. The van der Waals surface area contributed by atoms with Crippen LogP contribution < -0.4 is 4.90 Å². The fraction of sp³-hybridized carbons (Fsp3) is 0.500. The van der Waals surface area contributed by atoms with E-state index in [0.717, 1.165) is 38.0 Å². The Bertz CT molecular complexity index is 673. The van der Waals surface area contributed by atoms with E-state index < -0.39 is 0 Å². The Balaban J connectivity index is 1.78. The van der Waals surface area contributed by atoms with Crippen LogP contribution in [0.4, 0.5) is 5.69 Å². The van der Waals surface area contributed by atoms with Crippen molar-refractivity contribution in [2.24, 2.45) is 5.92 Å². The topological polar surface area (TPSA) is 64.4 Å². The van der Waals surface area contributed by atoms with Gasteiger partial charge in [-0.3, -0.25) is 9.59 Å². The fourth-order valence-electron chi connectivity index (χ4n) is 3.07. The monoisotopic (exact) mass is 311 g/mol. The minimum absolute atomic E-state index is 0.00361. The number of hydrogen-bond donors (Lipinski definition) is 0. The highest BCUT2D eigenvalue weighted by molar-refractivity contribution is 5.95. The van der Waals surface area contributed by atoms with Crippen LogP contribution in [0.5, 0.6) is 0 Å². The highest BCUT2D eigenvalue weighted by atomic mass is 16.2. The molecule has 1 saturated heterocycles. The number of ketones is 1. The first-order valence-electron chi connectivity index (χ1n) is 8.19. The summed E-state index contributed by atoms with van der Waals surface area (Å²) in [5, 5.41) is 9.34. The van der Waals surface area contributed by atoms with Crippen LogP contribution in [0.15, 0.2) is 18.2 Å². The number of nitriles is 1. The Morgan fingerprint density at radius 1 is 1.17 bits per heavy atom. The van der Waals surface area contributed by atoms with Gasteiger partial charge in [0.2, 0.25) is 5.91 Å². The van der Waals surface area contributed by atoms with Crippen molar-refractivity contribution in [1.82, 2.24) is 4.90 Å². The van der Waals surface area contributed by atoms with Gasteiger partial charge in [0.25, 0.3) is 0 Å². The number of rotatable bonds is 3. The quantitative estimate of drug-likeness (QED) is 0.803. The number of carbonyl (C=O) groups excluding carboxylic acids is 2. The maximum Gasteiger partial charge on any atom is 0.225 e. The van der Waals surface area contributed by atoms with Gasteiger partial charge in [-0.05, 0) is 44.4 Å². The van der Waals surface area contributed by atoms with E-state index in [0.29, 0.717) is 24.2 Å². The van der Waals surface area contributed by atoms with E-state index in [4.69, 9.17) is 0 Å². The second kappa shape index (κ2) is 6.41. The van der Waals surface area contributed by atoms with E-state index in [1.807, 2.05) is 4.90 Å². The third-order valence-corrected chi connectivity index (χ3v) is 4.60. The lowest BCUT2D eigenvalue weighted by Crippen LogP contribution is -2.36. The molecule has 5 nitrogen and oxygen atoms in total. The van der Waals surface area contributed by atoms with Crippen LogP contribution in [0, 0.1) is 17.2 Å². The predicted molar refractivity (Wildman–Crippen MR) is 87.3 cm³/mol. The van der Waals surface area contributed by atoms with E-state index in [2.05, 4.69) is 11.0 Å². The minimum Gasteiger partial charge on any atom is -0.369 e. The molecule has 0 bridgehead atoms. The zero-order chi connectivity index (χ0) is 16.4. The lowest BCUT2D eigenvalue weighted by molar-refractivity contribution is -0.132. The van der Waals surface area contributed by atoms with Gasteiger partial charge in [0, 0.05) is 37.7 Å². The molecular formula is C18H21N3O2. The summed E-state index contributed by atoms with van der Waals surface area (Å²) in [6.45, 7) is 4.49. The van der Waals surface area contributed by atoms with Gasteiger partial charge in [0.05, 0.1) is 11.3 Å². The first-order chi connectivity index (χ1) is 11.1. The number of anilines is 1. The largest absolute Gasteiger partial charge is 0.369 e. The highest BCUT2D eigenvalue weighted by Crippen LogP contribution is 2.31. The third kappa shape index (κ3) is 3.37. The Morgan fingerprint density at radius 2 is 1.96 bits per heavy atom. The van der Waals surface area contributed by atoms with Crippen molar-refractivity contribution in [3.63, 3.8) is 0 Å². The lowest BCUT2D eigenvalue weighted by Gasteiger charge is -2.25. The molecule has 2 aliphatic rings. The van der Waals surface area contributed by atoms with E-state index >= 15 is 0 Å². The summed E-state index contributed by atoms with van der Waals surface area (Å²) in [4.78, 5) is 27.9. The molecule has 1 aromatic carbocycles. The van der Waals surface area contributed by atoms with Crippen molar-refractivity contribution in [3.05, 3.63) is 29.3 Å². The fourth-order valence-corrected chi connectivity index (χ4v) is 3.07. The van der Waals surface area contributed by atoms with Crippen molar-refractivity contribution in [1.29, 1.82) is 5.26 Å². The van der Waals surface area contributed by atoms with Crippen molar-refractivity contribution >= 4 is 17.4 Å².